The monoisotopic (exact) mass is 262 g/mol. The van der Waals surface area contributed by atoms with E-state index in [0.717, 1.165) is 18.7 Å². The van der Waals surface area contributed by atoms with Gasteiger partial charge in [-0.05, 0) is 30.0 Å². The third kappa shape index (κ3) is 3.27. The summed E-state index contributed by atoms with van der Waals surface area (Å²) in [6.07, 6.45) is 1.02. The Labute approximate surface area is 109 Å². The number of carbonyl (C=O) groups excluding carboxylic acids is 1. The fraction of sp³-hybridized carbons (Fsp3) is 0.250. The number of aromatic nitrogens is 2. The SMILES string of the molecule is CCCNc1ccc(C(=O)Nc2ccsc2)nn1. The van der Waals surface area contributed by atoms with Crippen molar-refractivity contribution in [2.45, 2.75) is 13.3 Å². The molecule has 0 radical (unpaired) electrons. The number of amides is 1. The van der Waals surface area contributed by atoms with Crippen molar-refractivity contribution in [2.24, 2.45) is 0 Å². The lowest BCUT2D eigenvalue weighted by Gasteiger charge is -2.04. The number of rotatable bonds is 5. The second kappa shape index (κ2) is 6.11. The number of hydrogen-bond acceptors (Lipinski definition) is 5. The van der Waals surface area contributed by atoms with Gasteiger partial charge in [-0.25, -0.2) is 0 Å². The third-order valence-corrected chi connectivity index (χ3v) is 2.92. The molecule has 0 fully saturated rings. The van der Waals surface area contributed by atoms with Crippen LogP contribution in [-0.4, -0.2) is 22.6 Å². The normalized spacial score (nSPS) is 10.1. The number of carbonyl (C=O) groups is 1. The second-order valence-electron chi connectivity index (χ2n) is 3.70. The van der Waals surface area contributed by atoms with Crippen molar-refractivity contribution >= 4 is 28.7 Å². The summed E-state index contributed by atoms with van der Waals surface area (Å²) in [6.45, 7) is 2.91. The van der Waals surface area contributed by atoms with Gasteiger partial charge in [0, 0.05) is 11.9 Å². The van der Waals surface area contributed by atoms with Crippen LogP contribution < -0.4 is 10.6 Å². The van der Waals surface area contributed by atoms with Gasteiger partial charge in [-0.3, -0.25) is 4.79 Å². The molecule has 2 N–H and O–H groups in total. The Bertz CT molecular complexity index is 495. The van der Waals surface area contributed by atoms with Gasteiger partial charge < -0.3 is 10.6 Å². The first-order valence-electron chi connectivity index (χ1n) is 5.70. The first kappa shape index (κ1) is 12.5. The number of thiophene rings is 1. The largest absolute Gasteiger partial charge is 0.369 e. The maximum absolute atomic E-state index is 11.8. The molecule has 18 heavy (non-hydrogen) atoms. The molecule has 0 aromatic carbocycles. The van der Waals surface area contributed by atoms with Crippen LogP contribution in [0.25, 0.3) is 0 Å². The van der Waals surface area contributed by atoms with Crippen molar-refractivity contribution in [3.05, 3.63) is 34.7 Å². The summed E-state index contributed by atoms with van der Waals surface area (Å²) in [4.78, 5) is 11.8. The minimum Gasteiger partial charge on any atom is -0.369 e. The Morgan fingerprint density at radius 3 is 2.83 bits per heavy atom. The summed E-state index contributed by atoms with van der Waals surface area (Å²) in [5, 5.41) is 17.5. The van der Waals surface area contributed by atoms with Gasteiger partial charge in [0.05, 0.1) is 5.69 Å². The zero-order valence-corrected chi connectivity index (χ0v) is 10.8. The van der Waals surface area contributed by atoms with Crippen molar-refractivity contribution in [2.75, 3.05) is 17.2 Å². The molecule has 0 aliphatic heterocycles. The van der Waals surface area contributed by atoms with E-state index >= 15 is 0 Å². The summed E-state index contributed by atoms with van der Waals surface area (Å²) in [5.41, 5.74) is 1.09. The molecule has 2 heterocycles. The molecule has 94 valence electrons. The fourth-order valence-electron chi connectivity index (χ4n) is 1.33. The standard InChI is InChI=1S/C12H14N4OS/c1-2-6-13-11-4-3-10(15-16-11)12(17)14-9-5-7-18-8-9/h3-5,7-8H,2,6H2,1H3,(H,13,16)(H,14,17). The Morgan fingerprint density at radius 2 is 2.22 bits per heavy atom. The first-order chi connectivity index (χ1) is 8.79. The van der Waals surface area contributed by atoms with Gasteiger partial charge in [0.1, 0.15) is 5.82 Å². The quantitative estimate of drug-likeness (QED) is 0.869. The Balaban J connectivity index is 1.98. The number of nitrogens with one attached hydrogen (secondary N) is 2. The van der Waals surface area contributed by atoms with Crippen molar-refractivity contribution in [3.63, 3.8) is 0 Å². The molecule has 5 nitrogen and oxygen atoms in total. The van der Waals surface area contributed by atoms with E-state index < -0.39 is 0 Å². The van der Waals surface area contributed by atoms with Gasteiger partial charge in [0.25, 0.3) is 5.91 Å². The Morgan fingerprint density at radius 1 is 1.33 bits per heavy atom. The molecule has 1 amide bonds. The molecule has 6 heteroatoms. The third-order valence-electron chi connectivity index (χ3n) is 2.23. The zero-order chi connectivity index (χ0) is 12.8. The lowest BCUT2D eigenvalue weighted by Crippen LogP contribution is -2.14. The zero-order valence-electron chi connectivity index (χ0n) is 10.0. The van der Waals surface area contributed by atoms with Crippen molar-refractivity contribution < 1.29 is 4.79 Å². The molecular weight excluding hydrogens is 248 g/mol. The van der Waals surface area contributed by atoms with Gasteiger partial charge in [-0.15, -0.1) is 10.2 Å². The van der Waals surface area contributed by atoms with Crippen LogP contribution in [0.1, 0.15) is 23.8 Å². The average molecular weight is 262 g/mol. The number of hydrogen-bond donors (Lipinski definition) is 2. The number of anilines is 2. The summed E-state index contributed by atoms with van der Waals surface area (Å²) in [7, 11) is 0. The molecule has 0 aliphatic carbocycles. The van der Waals surface area contributed by atoms with Crippen LogP contribution in [0.5, 0.6) is 0 Å². The fourth-order valence-corrected chi connectivity index (χ4v) is 1.92. The van der Waals surface area contributed by atoms with Crippen LogP contribution in [0.2, 0.25) is 0 Å². The van der Waals surface area contributed by atoms with Crippen LogP contribution in [0.4, 0.5) is 11.5 Å². The smallest absolute Gasteiger partial charge is 0.276 e. The first-order valence-corrected chi connectivity index (χ1v) is 6.65. The van der Waals surface area contributed by atoms with Crippen LogP contribution in [0, 0.1) is 0 Å². The van der Waals surface area contributed by atoms with Crippen LogP contribution in [0.3, 0.4) is 0 Å². The predicted octanol–water partition coefficient (Wildman–Crippen LogP) is 2.61. The van der Waals surface area contributed by atoms with E-state index in [0.29, 0.717) is 11.5 Å². The maximum atomic E-state index is 11.8. The van der Waals surface area contributed by atoms with Gasteiger partial charge in [0.15, 0.2) is 5.69 Å². The van der Waals surface area contributed by atoms with Crippen molar-refractivity contribution in [3.8, 4) is 0 Å². The molecular formula is C12H14N4OS. The average Bonchev–Trinajstić information content (AvgIpc) is 2.89. The summed E-state index contributed by atoms with van der Waals surface area (Å²) in [5.74, 6) is 0.437. The Hall–Kier alpha value is -1.95. The summed E-state index contributed by atoms with van der Waals surface area (Å²) < 4.78 is 0. The summed E-state index contributed by atoms with van der Waals surface area (Å²) in [6, 6.07) is 5.26. The highest BCUT2D eigenvalue weighted by Crippen LogP contribution is 2.13. The van der Waals surface area contributed by atoms with E-state index in [9.17, 15) is 4.79 Å². The van der Waals surface area contributed by atoms with Gasteiger partial charge in [-0.1, -0.05) is 6.92 Å². The molecule has 0 unspecified atom stereocenters. The summed E-state index contributed by atoms with van der Waals surface area (Å²) >= 11 is 1.53. The molecule has 0 atom stereocenters. The highest BCUT2D eigenvalue weighted by Gasteiger charge is 2.08. The molecule has 2 aromatic rings. The van der Waals surface area contributed by atoms with E-state index in [1.807, 2.05) is 16.8 Å². The number of nitrogens with zero attached hydrogens (tertiary/aromatic N) is 2. The lowest BCUT2D eigenvalue weighted by atomic mass is 10.3. The van der Waals surface area contributed by atoms with E-state index in [-0.39, 0.29) is 5.91 Å². The molecule has 0 saturated heterocycles. The topological polar surface area (TPSA) is 66.9 Å². The van der Waals surface area contributed by atoms with Gasteiger partial charge >= 0.3 is 0 Å². The molecule has 2 rings (SSSR count). The van der Waals surface area contributed by atoms with Gasteiger partial charge in [-0.2, -0.15) is 11.3 Å². The van der Waals surface area contributed by atoms with E-state index in [1.165, 1.54) is 11.3 Å². The molecule has 2 aromatic heterocycles. The molecule has 0 bridgehead atoms. The second-order valence-corrected chi connectivity index (χ2v) is 4.48. The van der Waals surface area contributed by atoms with E-state index in [1.54, 1.807) is 12.1 Å². The van der Waals surface area contributed by atoms with Crippen molar-refractivity contribution in [1.82, 2.24) is 10.2 Å². The van der Waals surface area contributed by atoms with E-state index in [2.05, 4.69) is 27.8 Å². The van der Waals surface area contributed by atoms with Gasteiger partial charge in [0.2, 0.25) is 0 Å². The molecule has 0 spiro atoms. The minimum absolute atomic E-state index is 0.247. The van der Waals surface area contributed by atoms with Crippen LogP contribution in [0.15, 0.2) is 29.0 Å². The maximum Gasteiger partial charge on any atom is 0.276 e. The van der Waals surface area contributed by atoms with Crippen molar-refractivity contribution in [1.29, 1.82) is 0 Å². The Kier molecular flexibility index (Phi) is 4.25. The highest BCUT2D eigenvalue weighted by molar-refractivity contribution is 7.08. The minimum atomic E-state index is -0.247. The molecule has 0 saturated carbocycles. The predicted molar refractivity (Wildman–Crippen MR) is 73.1 cm³/mol. The van der Waals surface area contributed by atoms with Crippen LogP contribution in [-0.2, 0) is 0 Å². The lowest BCUT2D eigenvalue weighted by molar-refractivity contribution is 0.102. The molecule has 0 aliphatic rings. The van der Waals surface area contributed by atoms with E-state index in [4.69, 9.17) is 0 Å². The highest BCUT2D eigenvalue weighted by atomic mass is 32.1. The van der Waals surface area contributed by atoms with Crippen LogP contribution >= 0.6 is 11.3 Å².